The van der Waals surface area contributed by atoms with Crippen molar-refractivity contribution in [2.24, 2.45) is 4.99 Å². The topological polar surface area (TPSA) is 74.2 Å². The fourth-order valence-electron chi connectivity index (χ4n) is 4.33. The van der Waals surface area contributed by atoms with E-state index >= 15 is 0 Å². The summed E-state index contributed by atoms with van der Waals surface area (Å²) in [6.45, 7) is 3.66. The Labute approximate surface area is 191 Å². The van der Waals surface area contributed by atoms with E-state index in [2.05, 4.69) is 22.3 Å². The molecule has 1 aromatic rings. The van der Waals surface area contributed by atoms with Crippen LogP contribution in [0.15, 0.2) is 51.6 Å². The molecular weight excluding hydrogens is 431 g/mol. The lowest BCUT2D eigenvalue weighted by atomic mass is 9.93. The Morgan fingerprint density at radius 1 is 1.31 bits per heavy atom. The van der Waals surface area contributed by atoms with Crippen LogP contribution in [0.1, 0.15) is 37.8 Å². The van der Waals surface area contributed by atoms with Crippen LogP contribution in [0.4, 0.5) is 4.39 Å². The van der Waals surface area contributed by atoms with Gasteiger partial charge in [0.05, 0.1) is 30.8 Å². The van der Waals surface area contributed by atoms with Crippen molar-refractivity contribution in [3.8, 4) is 0 Å². The maximum absolute atomic E-state index is 14.1. The average Bonchev–Trinajstić information content (AvgIpc) is 3.15. The highest BCUT2D eigenvalue weighted by Crippen LogP contribution is 2.44. The van der Waals surface area contributed by atoms with Crippen molar-refractivity contribution in [1.82, 2.24) is 15.1 Å². The van der Waals surface area contributed by atoms with Crippen LogP contribution in [0.25, 0.3) is 0 Å². The Hall–Kier alpha value is -2.65. The van der Waals surface area contributed by atoms with Gasteiger partial charge in [-0.15, -0.1) is 0 Å². The standard InChI is InChI=1S/C23H27FN4O3S/c1-14-20(22(30)31-3)21(15-5-4-6-16(24)11-15)28-18(13-32-23(28)25-14)12-19(29)26-17-7-9-27(2)10-8-17/h4-6,11,13,17,21H,7-10,12H2,1-3H3,(H,26,29). The summed E-state index contributed by atoms with van der Waals surface area (Å²) >= 11 is 1.40. The van der Waals surface area contributed by atoms with Crippen molar-refractivity contribution in [3.63, 3.8) is 0 Å². The van der Waals surface area contributed by atoms with E-state index < -0.39 is 17.8 Å². The first-order valence-corrected chi connectivity index (χ1v) is 11.5. The third-order valence-electron chi connectivity index (χ3n) is 6.00. The fourth-order valence-corrected chi connectivity index (χ4v) is 5.29. The molecule has 1 unspecified atom stereocenters. The zero-order valence-electron chi connectivity index (χ0n) is 18.4. The molecule has 0 radical (unpaired) electrons. The molecule has 0 saturated carbocycles. The van der Waals surface area contributed by atoms with Gasteiger partial charge in [-0.05, 0) is 63.0 Å². The minimum atomic E-state index is -0.622. The van der Waals surface area contributed by atoms with Gasteiger partial charge in [0.15, 0.2) is 5.17 Å². The first kappa shape index (κ1) is 22.5. The van der Waals surface area contributed by atoms with Crippen molar-refractivity contribution in [1.29, 1.82) is 0 Å². The number of carbonyl (C=O) groups excluding carboxylic acids is 2. The minimum absolute atomic E-state index is 0.0726. The Balaban J connectivity index is 1.60. The number of carbonyl (C=O) groups is 2. The van der Waals surface area contributed by atoms with E-state index in [0.717, 1.165) is 31.6 Å². The van der Waals surface area contributed by atoms with E-state index in [9.17, 15) is 14.0 Å². The van der Waals surface area contributed by atoms with E-state index in [4.69, 9.17) is 4.74 Å². The lowest BCUT2D eigenvalue weighted by Crippen LogP contribution is -2.44. The summed E-state index contributed by atoms with van der Waals surface area (Å²) in [6, 6.07) is 5.69. The van der Waals surface area contributed by atoms with Gasteiger partial charge >= 0.3 is 5.97 Å². The molecule has 32 heavy (non-hydrogen) atoms. The third kappa shape index (κ3) is 4.59. The summed E-state index contributed by atoms with van der Waals surface area (Å²) in [5, 5.41) is 5.67. The number of hydrogen-bond acceptors (Lipinski definition) is 7. The number of amidine groups is 1. The van der Waals surface area contributed by atoms with Crippen LogP contribution >= 0.6 is 11.8 Å². The van der Waals surface area contributed by atoms with Gasteiger partial charge in [0, 0.05) is 11.7 Å². The van der Waals surface area contributed by atoms with Crippen molar-refractivity contribution in [2.75, 3.05) is 27.2 Å². The highest BCUT2D eigenvalue weighted by molar-refractivity contribution is 8.16. The maximum Gasteiger partial charge on any atom is 0.338 e. The summed E-state index contributed by atoms with van der Waals surface area (Å²) in [7, 11) is 3.39. The summed E-state index contributed by atoms with van der Waals surface area (Å²) in [4.78, 5) is 34.2. The number of nitrogens with one attached hydrogen (secondary N) is 1. The third-order valence-corrected chi connectivity index (χ3v) is 6.88. The lowest BCUT2D eigenvalue weighted by Gasteiger charge is -2.36. The zero-order chi connectivity index (χ0) is 22.8. The number of methoxy groups -OCH3 is 1. The van der Waals surface area contributed by atoms with Gasteiger partial charge < -0.3 is 19.9 Å². The second kappa shape index (κ2) is 9.46. The Morgan fingerprint density at radius 2 is 2.06 bits per heavy atom. The Kier molecular flexibility index (Phi) is 6.66. The van der Waals surface area contributed by atoms with Crippen molar-refractivity contribution >= 4 is 28.8 Å². The molecule has 9 heteroatoms. The number of benzene rings is 1. The maximum atomic E-state index is 14.1. The fraction of sp³-hybridized carbons (Fsp3) is 0.435. The molecule has 1 amide bonds. The molecule has 1 atom stereocenters. The van der Waals surface area contributed by atoms with Gasteiger partial charge in [0.25, 0.3) is 0 Å². The largest absolute Gasteiger partial charge is 0.466 e. The molecule has 3 heterocycles. The normalized spacial score (nSPS) is 21.8. The molecule has 1 fully saturated rings. The molecule has 1 saturated heterocycles. The number of amides is 1. The number of aliphatic imine (C=N–C) groups is 1. The number of rotatable bonds is 5. The number of esters is 1. The molecule has 1 aromatic carbocycles. The summed E-state index contributed by atoms with van der Waals surface area (Å²) in [5.74, 6) is -0.992. The van der Waals surface area contributed by atoms with Crippen molar-refractivity contribution in [3.05, 3.63) is 58.0 Å². The molecule has 0 aromatic heterocycles. The SMILES string of the molecule is COC(=O)C1=C(C)N=C2SC=C(CC(=O)NC3CCN(C)CC3)N2C1c1cccc(F)c1. The highest BCUT2D eigenvalue weighted by atomic mass is 32.2. The summed E-state index contributed by atoms with van der Waals surface area (Å²) in [5.41, 5.74) is 2.19. The van der Waals surface area contributed by atoms with E-state index in [1.165, 1.54) is 31.0 Å². The molecular formula is C23H27FN4O3S. The van der Waals surface area contributed by atoms with Crippen LogP contribution in [0, 0.1) is 5.82 Å². The van der Waals surface area contributed by atoms with Gasteiger partial charge in [-0.3, -0.25) is 4.79 Å². The van der Waals surface area contributed by atoms with E-state index in [1.807, 2.05) is 10.3 Å². The first-order chi connectivity index (χ1) is 15.4. The minimum Gasteiger partial charge on any atom is -0.466 e. The Bertz CT molecular complexity index is 1010. The monoisotopic (exact) mass is 458 g/mol. The van der Waals surface area contributed by atoms with E-state index in [0.29, 0.717) is 22.0 Å². The molecule has 0 bridgehead atoms. The van der Waals surface area contributed by atoms with Crippen LogP contribution < -0.4 is 5.32 Å². The number of hydrogen-bond donors (Lipinski definition) is 1. The van der Waals surface area contributed by atoms with Gasteiger partial charge in [-0.1, -0.05) is 23.9 Å². The zero-order valence-corrected chi connectivity index (χ0v) is 19.2. The molecule has 1 N–H and O–H groups in total. The van der Waals surface area contributed by atoms with Gasteiger partial charge in [0.1, 0.15) is 5.82 Å². The van der Waals surface area contributed by atoms with Crippen molar-refractivity contribution < 1.29 is 18.7 Å². The summed E-state index contributed by atoms with van der Waals surface area (Å²) in [6.07, 6.45) is 2.00. The molecule has 3 aliphatic rings. The predicted octanol–water partition coefficient (Wildman–Crippen LogP) is 3.17. The first-order valence-electron chi connectivity index (χ1n) is 10.6. The number of ether oxygens (including phenoxy) is 1. The highest BCUT2D eigenvalue weighted by Gasteiger charge is 2.41. The van der Waals surface area contributed by atoms with Crippen LogP contribution in [-0.4, -0.2) is 60.1 Å². The molecule has 170 valence electrons. The van der Waals surface area contributed by atoms with Crippen molar-refractivity contribution in [2.45, 2.75) is 38.3 Å². The van der Waals surface area contributed by atoms with E-state index in [1.54, 1.807) is 19.1 Å². The Morgan fingerprint density at radius 3 is 2.75 bits per heavy atom. The quantitative estimate of drug-likeness (QED) is 0.684. The van der Waals surface area contributed by atoms with Crippen LogP contribution in [0.3, 0.4) is 0 Å². The molecule has 0 aliphatic carbocycles. The summed E-state index contributed by atoms with van der Waals surface area (Å²) < 4.78 is 19.1. The molecule has 3 aliphatic heterocycles. The number of piperidine rings is 1. The average molecular weight is 459 g/mol. The van der Waals surface area contributed by atoms with E-state index in [-0.39, 0.29) is 18.4 Å². The van der Waals surface area contributed by atoms with Gasteiger partial charge in [-0.25, -0.2) is 14.2 Å². The number of thioether (sulfide) groups is 1. The van der Waals surface area contributed by atoms with Gasteiger partial charge in [-0.2, -0.15) is 0 Å². The smallest absolute Gasteiger partial charge is 0.338 e. The second-order valence-corrected chi connectivity index (χ2v) is 9.10. The second-order valence-electron chi connectivity index (χ2n) is 8.26. The van der Waals surface area contributed by atoms with Gasteiger partial charge in [0.2, 0.25) is 5.91 Å². The molecule has 0 spiro atoms. The number of likely N-dealkylation sites (tertiary alicyclic amines) is 1. The number of halogens is 1. The van der Waals surface area contributed by atoms with Crippen LogP contribution in [0.2, 0.25) is 0 Å². The van der Waals surface area contributed by atoms with Crippen LogP contribution in [-0.2, 0) is 14.3 Å². The number of allylic oxidation sites excluding steroid dienone is 1. The molecule has 4 rings (SSSR count). The number of fused-ring (bicyclic) bond motifs is 1. The lowest BCUT2D eigenvalue weighted by molar-refractivity contribution is -0.136. The predicted molar refractivity (Wildman–Crippen MR) is 122 cm³/mol. The molecule has 7 nitrogen and oxygen atoms in total. The van der Waals surface area contributed by atoms with Crippen LogP contribution in [0.5, 0.6) is 0 Å². The number of nitrogens with zero attached hydrogens (tertiary/aromatic N) is 3.